The number of carbonyl (C=O) groups excluding carboxylic acids is 1. The molecule has 94 valence electrons. The van der Waals surface area contributed by atoms with Crippen LogP contribution in [0.4, 0.5) is 0 Å². The molecular formula is C13H14ClN3O. The van der Waals surface area contributed by atoms with Crippen LogP contribution in [0.25, 0.3) is 0 Å². The number of aromatic nitrogens is 3. The zero-order valence-electron chi connectivity index (χ0n) is 10.4. The Morgan fingerprint density at radius 1 is 1.39 bits per heavy atom. The van der Waals surface area contributed by atoms with Crippen molar-refractivity contribution in [3.63, 3.8) is 0 Å². The second-order valence-corrected chi connectivity index (χ2v) is 4.38. The van der Waals surface area contributed by atoms with Gasteiger partial charge in [0.05, 0.1) is 22.8 Å². The lowest BCUT2D eigenvalue weighted by Gasteiger charge is -2.04. The number of hydrogen-bond acceptors (Lipinski definition) is 3. The summed E-state index contributed by atoms with van der Waals surface area (Å²) in [6, 6.07) is 3.41. The van der Waals surface area contributed by atoms with Crippen molar-refractivity contribution in [2.45, 2.75) is 26.8 Å². The van der Waals surface area contributed by atoms with E-state index in [1.807, 2.05) is 13.8 Å². The van der Waals surface area contributed by atoms with Crippen LogP contribution in [0.5, 0.6) is 0 Å². The highest BCUT2D eigenvalue weighted by atomic mass is 35.5. The number of ketones is 1. The Bertz CT molecular complexity index is 563. The summed E-state index contributed by atoms with van der Waals surface area (Å²) < 4.78 is 1.77. The van der Waals surface area contributed by atoms with Crippen molar-refractivity contribution < 1.29 is 4.79 Å². The van der Waals surface area contributed by atoms with Gasteiger partial charge in [-0.3, -0.25) is 14.5 Å². The lowest BCUT2D eigenvalue weighted by Crippen LogP contribution is -2.10. The Morgan fingerprint density at radius 3 is 2.67 bits per heavy atom. The highest BCUT2D eigenvalue weighted by molar-refractivity contribution is 6.32. The molecule has 0 aliphatic rings. The van der Waals surface area contributed by atoms with Crippen molar-refractivity contribution in [1.82, 2.24) is 14.8 Å². The molecule has 0 aliphatic heterocycles. The fraction of sp³-hybridized carbons (Fsp3) is 0.308. The van der Waals surface area contributed by atoms with Gasteiger partial charge in [-0.2, -0.15) is 5.10 Å². The van der Waals surface area contributed by atoms with Gasteiger partial charge in [0.2, 0.25) is 0 Å². The quantitative estimate of drug-likeness (QED) is 0.797. The zero-order chi connectivity index (χ0) is 13.1. The standard InChI is InChI=1S/C13H14ClN3O/c1-3-17-11(13(14)9(2)16-17)8-12(18)10-4-6-15-7-5-10/h4-7H,3,8H2,1-2H3. The Hall–Kier alpha value is -1.68. The molecular weight excluding hydrogens is 250 g/mol. The van der Waals surface area contributed by atoms with Crippen LogP contribution in [0.15, 0.2) is 24.5 Å². The topological polar surface area (TPSA) is 47.8 Å². The van der Waals surface area contributed by atoms with Gasteiger partial charge in [-0.15, -0.1) is 0 Å². The number of carbonyl (C=O) groups is 1. The average Bonchev–Trinajstić information content (AvgIpc) is 2.67. The highest BCUT2D eigenvalue weighted by Gasteiger charge is 2.16. The molecule has 4 nitrogen and oxygen atoms in total. The molecule has 0 aliphatic carbocycles. The zero-order valence-corrected chi connectivity index (χ0v) is 11.1. The average molecular weight is 264 g/mol. The predicted molar refractivity (Wildman–Crippen MR) is 69.9 cm³/mol. The predicted octanol–water partition coefficient (Wildman–Crippen LogP) is 2.69. The third-order valence-corrected chi connectivity index (χ3v) is 3.27. The minimum Gasteiger partial charge on any atom is -0.294 e. The van der Waals surface area contributed by atoms with Gasteiger partial charge in [-0.05, 0) is 26.0 Å². The summed E-state index contributed by atoms with van der Waals surface area (Å²) in [5, 5.41) is 4.88. The molecule has 0 N–H and O–H groups in total. The Morgan fingerprint density at radius 2 is 2.06 bits per heavy atom. The molecule has 2 rings (SSSR count). The van der Waals surface area contributed by atoms with E-state index in [0.717, 1.165) is 11.4 Å². The normalized spacial score (nSPS) is 10.6. The maximum atomic E-state index is 12.1. The van der Waals surface area contributed by atoms with Gasteiger partial charge in [0, 0.05) is 24.5 Å². The van der Waals surface area contributed by atoms with Crippen LogP contribution in [-0.4, -0.2) is 20.5 Å². The third kappa shape index (κ3) is 2.43. The fourth-order valence-corrected chi connectivity index (χ4v) is 2.03. The van der Waals surface area contributed by atoms with E-state index in [0.29, 0.717) is 17.1 Å². The van der Waals surface area contributed by atoms with Crippen LogP contribution >= 0.6 is 11.6 Å². The molecule has 0 bridgehead atoms. The van der Waals surface area contributed by atoms with Crippen LogP contribution in [-0.2, 0) is 13.0 Å². The molecule has 5 heteroatoms. The first-order chi connectivity index (χ1) is 8.63. The van der Waals surface area contributed by atoms with Crippen LogP contribution in [0.1, 0.15) is 28.7 Å². The summed E-state index contributed by atoms with van der Waals surface area (Å²) in [6.07, 6.45) is 3.48. The van der Waals surface area contributed by atoms with Crippen LogP contribution < -0.4 is 0 Å². The van der Waals surface area contributed by atoms with Gasteiger partial charge >= 0.3 is 0 Å². The van der Waals surface area contributed by atoms with Crippen molar-refractivity contribution in [1.29, 1.82) is 0 Å². The van der Waals surface area contributed by atoms with E-state index in [-0.39, 0.29) is 12.2 Å². The van der Waals surface area contributed by atoms with Crippen molar-refractivity contribution in [2.24, 2.45) is 0 Å². The molecule has 2 heterocycles. The third-order valence-electron chi connectivity index (χ3n) is 2.78. The fourth-order valence-electron chi connectivity index (χ4n) is 1.83. The molecule has 0 saturated heterocycles. The second kappa shape index (κ2) is 5.31. The summed E-state index contributed by atoms with van der Waals surface area (Å²) in [6.45, 7) is 4.52. The number of hydrogen-bond donors (Lipinski definition) is 0. The maximum Gasteiger partial charge on any atom is 0.168 e. The van der Waals surface area contributed by atoms with Crippen molar-refractivity contribution in [3.8, 4) is 0 Å². The Balaban J connectivity index is 2.27. The summed E-state index contributed by atoms with van der Waals surface area (Å²) in [5.41, 5.74) is 2.18. The lowest BCUT2D eigenvalue weighted by molar-refractivity contribution is 0.0990. The van der Waals surface area contributed by atoms with Crippen molar-refractivity contribution in [3.05, 3.63) is 46.5 Å². The SMILES string of the molecule is CCn1nc(C)c(Cl)c1CC(=O)c1ccncc1. The van der Waals surface area contributed by atoms with Gasteiger partial charge in [0.1, 0.15) is 0 Å². The molecule has 0 fully saturated rings. The van der Waals surface area contributed by atoms with Crippen LogP contribution in [0, 0.1) is 6.92 Å². The van der Waals surface area contributed by atoms with Gasteiger partial charge in [0.25, 0.3) is 0 Å². The Kier molecular flexibility index (Phi) is 3.77. The monoisotopic (exact) mass is 263 g/mol. The van der Waals surface area contributed by atoms with Crippen molar-refractivity contribution >= 4 is 17.4 Å². The summed E-state index contributed by atoms with van der Waals surface area (Å²) >= 11 is 6.18. The summed E-state index contributed by atoms with van der Waals surface area (Å²) in [4.78, 5) is 16.0. The molecule has 0 unspecified atom stereocenters. The molecule has 2 aromatic rings. The van der Waals surface area contributed by atoms with Gasteiger partial charge in [-0.25, -0.2) is 0 Å². The van der Waals surface area contributed by atoms with E-state index in [9.17, 15) is 4.79 Å². The summed E-state index contributed by atoms with van der Waals surface area (Å²) in [7, 11) is 0. The van der Waals surface area contributed by atoms with Gasteiger partial charge in [-0.1, -0.05) is 11.6 Å². The van der Waals surface area contributed by atoms with Gasteiger partial charge in [0.15, 0.2) is 5.78 Å². The smallest absolute Gasteiger partial charge is 0.168 e. The summed E-state index contributed by atoms with van der Waals surface area (Å²) in [5.74, 6) is 0.0221. The molecule has 0 radical (unpaired) electrons. The molecule has 2 aromatic heterocycles. The first kappa shape index (κ1) is 12.8. The van der Waals surface area contributed by atoms with Crippen LogP contribution in [0.2, 0.25) is 5.02 Å². The number of halogens is 1. The minimum atomic E-state index is 0.0221. The first-order valence-electron chi connectivity index (χ1n) is 5.78. The molecule has 0 spiro atoms. The molecule has 0 atom stereocenters. The molecule has 0 saturated carbocycles. The van der Waals surface area contributed by atoms with E-state index < -0.39 is 0 Å². The van der Waals surface area contributed by atoms with E-state index in [2.05, 4.69) is 10.1 Å². The number of aryl methyl sites for hydroxylation is 2. The van der Waals surface area contributed by atoms with E-state index >= 15 is 0 Å². The highest BCUT2D eigenvalue weighted by Crippen LogP contribution is 2.21. The maximum absolute atomic E-state index is 12.1. The molecule has 18 heavy (non-hydrogen) atoms. The van der Waals surface area contributed by atoms with Crippen molar-refractivity contribution in [2.75, 3.05) is 0 Å². The second-order valence-electron chi connectivity index (χ2n) is 4.00. The molecule has 0 aromatic carbocycles. The first-order valence-corrected chi connectivity index (χ1v) is 6.16. The van der Waals surface area contributed by atoms with E-state index in [1.165, 1.54) is 0 Å². The molecule has 0 amide bonds. The number of pyridine rings is 1. The lowest BCUT2D eigenvalue weighted by atomic mass is 10.1. The minimum absolute atomic E-state index is 0.0221. The Labute approximate surface area is 111 Å². The number of rotatable bonds is 4. The van der Waals surface area contributed by atoms with E-state index in [4.69, 9.17) is 11.6 Å². The van der Waals surface area contributed by atoms with E-state index in [1.54, 1.807) is 29.2 Å². The largest absolute Gasteiger partial charge is 0.294 e. The van der Waals surface area contributed by atoms with Gasteiger partial charge < -0.3 is 0 Å². The number of nitrogens with zero attached hydrogens (tertiary/aromatic N) is 3. The number of Topliss-reactive ketones (excluding diaryl/α,β-unsaturated/α-hetero) is 1. The van der Waals surface area contributed by atoms with Crippen LogP contribution in [0.3, 0.4) is 0 Å².